The van der Waals surface area contributed by atoms with Gasteiger partial charge in [-0.05, 0) is 11.0 Å². The largest absolute Gasteiger partial charge is 0.461 e. The van der Waals surface area contributed by atoms with Crippen LogP contribution in [-0.2, 0) is 0 Å². The second-order valence-electron chi connectivity index (χ2n) is 4.43. The van der Waals surface area contributed by atoms with Crippen LogP contribution in [0.4, 0.5) is 17.2 Å². The van der Waals surface area contributed by atoms with Gasteiger partial charge in [0.25, 0.3) is 0 Å². The first-order valence-corrected chi connectivity index (χ1v) is 6.21. The molecular formula is C10H4N8O7. The van der Waals surface area contributed by atoms with Gasteiger partial charge in [-0.15, -0.1) is 9.73 Å². The highest BCUT2D eigenvalue weighted by Crippen LogP contribution is 2.31. The summed E-state index contributed by atoms with van der Waals surface area (Å²) in [5, 5.41) is 46.3. The second-order valence-corrected chi connectivity index (χ2v) is 4.43. The highest BCUT2D eigenvalue weighted by molar-refractivity contribution is 5.67. The molecule has 0 saturated heterocycles. The van der Waals surface area contributed by atoms with E-state index in [0.717, 1.165) is 16.8 Å². The predicted octanol–water partition coefficient (Wildman–Crippen LogP) is 1.04. The van der Waals surface area contributed by atoms with Gasteiger partial charge in [-0.2, -0.15) is 4.68 Å². The van der Waals surface area contributed by atoms with Gasteiger partial charge in [0.2, 0.25) is 0 Å². The molecule has 0 aliphatic carbocycles. The minimum Gasteiger partial charge on any atom is -0.358 e. The average Bonchev–Trinajstić information content (AvgIpc) is 3.22. The maximum atomic E-state index is 11.0. The van der Waals surface area contributed by atoms with Crippen molar-refractivity contribution in [3.63, 3.8) is 0 Å². The van der Waals surface area contributed by atoms with Gasteiger partial charge in [0.15, 0.2) is 5.16 Å². The van der Waals surface area contributed by atoms with Crippen LogP contribution in [0.1, 0.15) is 0 Å². The van der Waals surface area contributed by atoms with Crippen LogP contribution >= 0.6 is 0 Å². The predicted molar refractivity (Wildman–Crippen MR) is 74.6 cm³/mol. The van der Waals surface area contributed by atoms with Crippen molar-refractivity contribution < 1.29 is 19.4 Å². The van der Waals surface area contributed by atoms with Gasteiger partial charge >= 0.3 is 23.0 Å². The minimum atomic E-state index is -0.904. The Labute approximate surface area is 134 Å². The molecule has 0 unspecified atom stereocenters. The number of aromatic nitrogens is 5. The molecule has 15 nitrogen and oxygen atoms in total. The molecule has 3 aromatic rings. The monoisotopic (exact) mass is 348 g/mol. The van der Waals surface area contributed by atoms with Crippen LogP contribution in [0.5, 0.6) is 0 Å². The Morgan fingerprint density at radius 2 is 1.68 bits per heavy atom. The van der Waals surface area contributed by atoms with Gasteiger partial charge in [0.1, 0.15) is 5.69 Å². The molecule has 2 heterocycles. The lowest BCUT2D eigenvalue weighted by molar-refractivity contribution is -0.422. The van der Waals surface area contributed by atoms with Crippen LogP contribution in [0, 0.1) is 30.3 Å². The van der Waals surface area contributed by atoms with Crippen LogP contribution < -0.4 is 0 Å². The molecule has 0 N–H and O–H groups in total. The van der Waals surface area contributed by atoms with Gasteiger partial charge in [-0.3, -0.25) is 20.2 Å². The third-order valence-electron chi connectivity index (χ3n) is 3.00. The van der Waals surface area contributed by atoms with Crippen LogP contribution in [0.25, 0.3) is 17.1 Å². The lowest BCUT2D eigenvalue weighted by atomic mass is 10.1. The summed E-state index contributed by atoms with van der Waals surface area (Å²) < 4.78 is 5.16. The zero-order valence-corrected chi connectivity index (χ0v) is 11.7. The second kappa shape index (κ2) is 5.72. The van der Waals surface area contributed by atoms with E-state index < -0.39 is 32.0 Å². The zero-order chi connectivity index (χ0) is 18.1. The molecule has 0 radical (unpaired) electrons. The molecule has 0 fully saturated rings. The quantitative estimate of drug-likeness (QED) is 0.471. The Morgan fingerprint density at radius 1 is 0.960 bits per heavy atom. The molecular weight excluding hydrogens is 344 g/mol. The van der Waals surface area contributed by atoms with Crippen LogP contribution in [0.15, 0.2) is 29.0 Å². The highest BCUT2D eigenvalue weighted by atomic mass is 16.6. The van der Waals surface area contributed by atoms with Gasteiger partial charge < -0.3 is 10.1 Å². The molecule has 3 rings (SSSR count). The van der Waals surface area contributed by atoms with E-state index >= 15 is 0 Å². The minimum absolute atomic E-state index is 0.0651. The van der Waals surface area contributed by atoms with Crippen molar-refractivity contribution in [3.8, 4) is 17.1 Å². The summed E-state index contributed by atoms with van der Waals surface area (Å²) >= 11 is 0. The molecule has 0 amide bonds. The summed E-state index contributed by atoms with van der Waals surface area (Å²) in [5.41, 5.74) is -1.21. The molecule has 0 atom stereocenters. The number of benzene rings is 1. The number of nitro groups is 3. The van der Waals surface area contributed by atoms with Gasteiger partial charge in [0, 0.05) is 22.9 Å². The topological polar surface area (TPSA) is 199 Å². The summed E-state index contributed by atoms with van der Waals surface area (Å²) in [7, 11) is 0. The first kappa shape index (κ1) is 15.6. The molecule has 0 saturated carbocycles. The first-order valence-electron chi connectivity index (χ1n) is 6.21. The smallest absolute Gasteiger partial charge is 0.358 e. The van der Waals surface area contributed by atoms with Crippen LogP contribution in [-0.4, -0.2) is 40.1 Å². The fourth-order valence-corrected chi connectivity index (χ4v) is 1.92. The number of rotatable bonds is 5. The van der Waals surface area contributed by atoms with E-state index in [1.54, 1.807) is 0 Å². The summed E-state index contributed by atoms with van der Waals surface area (Å²) in [5.74, 6) is -1.05. The van der Waals surface area contributed by atoms with E-state index in [1.165, 1.54) is 12.3 Å². The van der Waals surface area contributed by atoms with Crippen molar-refractivity contribution in [2.24, 2.45) is 0 Å². The third-order valence-corrected chi connectivity index (χ3v) is 3.00. The van der Waals surface area contributed by atoms with Crippen molar-refractivity contribution in [2.45, 2.75) is 0 Å². The number of nitro benzene ring substituents is 2. The molecule has 2 aromatic heterocycles. The fourth-order valence-electron chi connectivity index (χ4n) is 1.92. The maximum absolute atomic E-state index is 11.0. The van der Waals surface area contributed by atoms with Crippen molar-refractivity contribution in [2.75, 3.05) is 0 Å². The van der Waals surface area contributed by atoms with Gasteiger partial charge in [-0.1, -0.05) is 5.21 Å². The summed E-state index contributed by atoms with van der Waals surface area (Å²) in [6.45, 7) is 0. The van der Waals surface area contributed by atoms with Gasteiger partial charge in [0.05, 0.1) is 16.0 Å². The van der Waals surface area contributed by atoms with Crippen LogP contribution in [0.3, 0.4) is 0 Å². The average molecular weight is 348 g/mol. The zero-order valence-electron chi connectivity index (χ0n) is 11.7. The Balaban J connectivity index is 2.04. The Bertz CT molecular complexity index is 1010. The van der Waals surface area contributed by atoms with E-state index in [9.17, 15) is 30.3 Å². The standard InChI is InChI=1S/C10H4N8O7/c19-16(20)7-2-1-5(3-8(7)17(21)22)6-4-15(14-11-6)9-10(18(23)24)13-25-12-9/h1-4H. The molecule has 1 aromatic carbocycles. The first-order chi connectivity index (χ1) is 11.9. The molecule has 126 valence electrons. The molecule has 15 heteroatoms. The summed E-state index contributed by atoms with van der Waals surface area (Å²) in [6, 6.07) is 3.13. The third kappa shape index (κ3) is 2.71. The van der Waals surface area contributed by atoms with E-state index in [4.69, 9.17) is 0 Å². The lowest BCUT2D eigenvalue weighted by Gasteiger charge is -1.98. The lowest BCUT2D eigenvalue weighted by Crippen LogP contribution is -2.00. The van der Waals surface area contributed by atoms with E-state index in [1.807, 2.05) is 0 Å². The van der Waals surface area contributed by atoms with Crippen molar-refractivity contribution in [1.29, 1.82) is 0 Å². The number of hydrogen-bond donors (Lipinski definition) is 0. The Morgan fingerprint density at radius 3 is 2.32 bits per heavy atom. The SMILES string of the molecule is O=[N+]([O-])c1ccc(-c2cn(-c3nonc3[N+](=O)[O-])nn2)cc1[N+](=O)[O-]. The molecule has 0 spiro atoms. The Kier molecular flexibility index (Phi) is 3.57. The highest BCUT2D eigenvalue weighted by Gasteiger charge is 2.27. The van der Waals surface area contributed by atoms with E-state index in [2.05, 4.69) is 25.3 Å². The molecule has 25 heavy (non-hydrogen) atoms. The van der Waals surface area contributed by atoms with Crippen molar-refractivity contribution in [1.82, 2.24) is 25.3 Å². The molecule has 0 aliphatic rings. The molecule has 0 bridgehead atoms. The van der Waals surface area contributed by atoms with Crippen LogP contribution in [0.2, 0.25) is 0 Å². The maximum Gasteiger partial charge on any atom is 0.461 e. The van der Waals surface area contributed by atoms with Crippen molar-refractivity contribution in [3.05, 3.63) is 54.7 Å². The van der Waals surface area contributed by atoms with Gasteiger partial charge in [-0.25, -0.2) is 0 Å². The van der Waals surface area contributed by atoms with Crippen molar-refractivity contribution >= 4 is 17.2 Å². The normalized spacial score (nSPS) is 10.6. The Hall–Kier alpha value is -4.30. The number of hydrogen-bond acceptors (Lipinski definition) is 11. The van der Waals surface area contributed by atoms with E-state index in [0.29, 0.717) is 0 Å². The molecule has 0 aliphatic heterocycles. The fraction of sp³-hybridized carbons (Fsp3) is 0. The summed E-state index contributed by atoms with van der Waals surface area (Å²) in [4.78, 5) is 30.0. The number of nitrogens with zero attached hydrogens (tertiary/aromatic N) is 8. The van der Waals surface area contributed by atoms with E-state index in [-0.39, 0.29) is 17.1 Å². The summed E-state index contributed by atoms with van der Waals surface area (Å²) in [6.07, 6.45) is 1.18.